The van der Waals surface area contributed by atoms with Crippen molar-refractivity contribution in [2.45, 2.75) is 78.1 Å². The van der Waals surface area contributed by atoms with E-state index >= 15 is 0 Å². The van der Waals surface area contributed by atoms with Gasteiger partial charge in [0, 0.05) is 18.0 Å². The Hall–Kier alpha value is -2.48. The normalized spacial score (nSPS) is 20.9. The van der Waals surface area contributed by atoms with E-state index in [1.807, 2.05) is 12.1 Å². The number of nitrogen functional groups attached to an aromatic ring is 1. The number of aliphatic hydroxyl groups is 1. The van der Waals surface area contributed by atoms with Crippen LogP contribution < -0.4 is 11.1 Å². The molecule has 3 rings (SSSR count). The van der Waals surface area contributed by atoms with Crippen LogP contribution in [0.15, 0.2) is 18.3 Å². The number of nitrogens with zero attached hydrogens (tertiary/aromatic N) is 3. The number of hydrogen-bond acceptors (Lipinski definition) is 5. The van der Waals surface area contributed by atoms with Crippen LogP contribution >= 0.6 is 0 Å². The van der Waals surface area contributed by atoms with Gasteiger partial charge >= 0.3 is 6.09 Å². The van der Waals surface area contributed by atoms with Gasteiger partial charge in [0.2, 0.25) is 0 Å². The largest absolute Gasteiger partial charge is 0.465 e. The Morgan fingerprint density at radius 1 is 1.27 bits per heavy atom. The number of anilines is 2. The summed E-state index contributed by atoms with van der Waals surface area (Å²) >= 11 is 0. The Kier molecular flexibility index (Phi) is 5.91. The minimum Gasteiger partial charge on any atom is -0.465 e. The fourth-order valence-corrected chi connectivity index (χ4v) is 4.61. The van der Waals surface area contributed by atoms with Crippen LogP contribution in [0.4, 0.5) is 16.2 Å². The van der Waals surface area contributed by atoms with E-state index in [0.29, 0.717) is 18.8 Å². The van der Waals surface area contributed by atoms with Crippen molar-refractivity contribution >= 4 is 28.4 Å². The lowest BCUT2D eigenvalue weighted by Gasteiger charge is -2.42. The van der Waals surface area contributed by atoms with E-state index in [1.165, 1.54) is 0 Å². The molecule has 0 radical (unpaired) electrons. The summed E-state index contributed by atoms with van der Waals surface area (Å²) in [4.78, 5) is 13.6. The highest BCUT2D eigenvalue weighted by molar-refractivity contribution is 5.97. The van der Waals surface area contributed by atoms with Crippen molar-refractivity contribution < 1.29 is 15.0 Å². The molecule has 1 aliphatic rings. The molecule has 8 nitrogen and oxygen atoms in total. The molecule has 1 aromatic heterocycles. The van der Waals surface area contributed by atoms with Crippen molar-refractivity contribution in [1.82, 2.24) is 14.7 Å². The second kappa shape index (κ2) is 7.98. The maximum absolute atomic E-state index is 12.0. The van der Waals surface area contributed by atoms with Gasteiger partial charge in [0.05, 0.1) is 41.3 Å². The van der Waals surface area contributed by atoms with Crippen LogP contribution in [0.1, 0.15) is 53.9 Å². The van der Waals surface area contributed by atoms with Gasteiger partial charge in [-0.2, -0.15) is 5.10 Å². The third-order valence-electron chi connectivity index (χ3n) is 5.74. The van der Waals surface area contributed by atoms with Gasteiger partial charge in [0.1, 0.15) is 0 Å². The fraction of sp³-hybridized carbons (Fsp3) is 0.636. The van der Waals surface area contributed by atoms with Crippen molar-refractivity contribution in [3.05, 3.63) is 18.3 Å². The first-order valence-corrected chi connectivity index (χ1v) is 10.6. The summed E-state index contributed by atoms with van der Waals surface area (Å²) in [5.74, 6) is 0. The van der Waals surface area contributed by atoms with Crippen LogP contribution in [0.2, 0.25) is 0 Å². The Labute approximate surface area is 178 Å². The minimum atomic E-state index is -0.894. The number of aromatic nitrogens is 2. The molecule has 2 heterocycles. The third-order valence-corrected chi connectivity index (χ3v) is 5.74. The van der Waals surface area contributed by atoms with Crippen molar-refractivity contribution in [2.75, 3.05) is 17.6 Å². The van der Waals surface area contributed by atoms with Gasteiger partial charge in [-0.1, -0.05) is 20.8 Å². The number of likely N-dealkylation sites (tertiary alicyclic amines) is 1. The molecule has 2 aromatic rings. The zero-order chi connectivity index (χ0) is 22.3. The predicted octanol–water partition coefficient (Wildman–Crippen LogP) is 3.75. The first-order chi connectivity index (χ1) is 13.9. The molecule has 0 spiro atoms. The maximum Gasteiger partial charge on any atom is 0.407 e. The number of rotatable bonds is 4. The van der Waals surface area contributed by atoms with Crippen LogP contribution in [-0.4, -0.2) is 55.2 Å². The molecule has 166 valence electrons. The molecule has 30 heavy (non-hydrogen) atoms. The molecule has 0 saturated carbocycles. The molecule has 1 saturated heterocycles. The van der Waals surface area contributed by atoms with E-state index in [9.17, 15) is 15.0 Å². The number of hydrogen-bond donors (Lipinski definition) is 4. The summed E-state index contributed by atoms with van der Waals surface area (Å²) in [5, 5.41) is 29.0. The Morgan fingerprint density at radius 3 is 2.57 bits per heavy atom. The molecule has 0 aliphatic carbocycles. The number of nitrogens with two attached hydrogens (primary N) is 1. The van der Waals surface area contributed by atoms with Crippen molar-refractivity contribution in [2.24, 2.45) is 5.41 Å². The van der Waals surface area contributed by atoms with E-state index in [4.69, 9.17) is 5.73 Å². The zero-order valence-electron chi connectivity index (χ0n) is 18.6. The zero-order valence-corrected chi connectivity index (χ0v) is 18.6. The fourth-order valence-electron chi connectivity index (χ4n) is 4.61. The molecule has 8 heteroatoms. The van der Waals surface area contributed by atoms with Gasteiger partial charge < -0.3 is 26.2 Å². The molecular weight excluding hydrogens is 382 g/mol. The second-order valence-corrected chi connectivity index (χ2v) is 10.1. The van der Waals surface area contributed by atoms with Crippen LogP contribution in [0.3, 0.4) is 0 Å². The predicted molar refractivity (Wildman–Crippen MR) is 120 cm³/mol. The average Bonchev–Trinajstić information content (AvgIpc) is 2.85. The molecule has 1 fully saturated rings. The highest BCUT2D eigenvalue weighted by atomic mass is 16.4. The Balaban J connectivity index is 2.02. The minimum absolute atomic E-state index is 0.0749. The summed E-state index contributed by atoms with van der Waals surface area (Å²) in [6.07, 6.45) is 3.53. The highest BCUT2D eigenvalue weighted by Gasteiger charge is 2.40. The molecule has 1 unspecified atom stereocenters. The van der Waals surface area contributed by atoms with E-state index in [1.54, 1.807) is 29.6 Å². The summed E-state index contributed by atoms with van der Waals surface area (Å²) in [6, 6.07) is 3.48. The van der Waals surface area contributed by atoms with Crippen LogP contribution in [-0.2, 0) is 6.54 Å². The lowest BCUT2D eigenvalue weighted by Crippen LogP contribution is -2.55. The molecule has 1 aromatic carbocycles. The van der Waals surface area contributed by atoms with Crippen molar-refractivity contribution in [1.29, 1.82) is 0 Å². The molecular formula is C22H35N5O3. The van der Waals surface area contributed by atoms with E-state index < -0.39 is 11.7 Å². The standard InChI is InChI=1S/C22H35N5O3/c1-21(2,3)19-16(8-6-7-11-26(19)20(28)29)25-18-14-12-24-27(13-22(4,5)30)17(14)10-9-15(18)23/h9-10,12,16,19,25,30H,6-8,11,13,23H2,1-5H3,(H,28,29)/t16?,19-/m0/s1. The second-order valence-electron chi connectivity index (χ2n) is 10.1. The summed E-state index contributed by atoms with van der Waals surface area (Å²) in [7, 11) is 0. The first kappa shape index (κ1) is 22.2. The number of nitrogens with one attached hydrogen (secondary N) is 1. The molecule has 0 bridgehead atoms. The van der Waals surface area contributed by atoms with Crippen LogP contribution in [0.25, 0.3) is 10.9 Å². The number of carbonyl (C=O) groups is 1. The summed E-state index contributed by atoms with van der Waals surface area (Å²) < 4.78 is 1.78. The van der Waals surface area contributed by atoms with Gasteiger partial charge in [0.25, 0.3) is 0 Å². The van der Waals surface area contributed by atoms with Gasteiger partial charge in [-0.15, -0.1) is 0 Å². The third kappa shape index (κ3) is 4.64. The van der Waals surface area contributed by atoms with Crippen LogP contribution in [0.5, 0.6) is 0 Å². The SMILES string of the molecule is CC(C)(O)Cn1ncc2c(NC3CCCCN(C(=O)O)[C@@H]3C(C)(C)C)c(N)ccc21. The van der Waals surface area contributed by atoms with E-state index in [0.717, 1.165) is 35.9 Å². The quantitative estimate of drug-likeness (QED) is 0.563. The maximum atomic E-state index is 12.0. The Bertz CT molecular complexity index is 910. The topological polar surface area (TPSA) is 117 Å². The lowest BCUT2D eigenvalue weighted by molar-refractivity contribution is 0.0591. The number of carboxylic acid groups (broad SMARTS) is 1. The number of fused-ring (bicyclic) bond motifs is 1. The highest BCUT2D eigenvalue weighted by Crippen LogP contribution is 2.37. The van der Waals surface area contributed by atoms with E-state index in [-0.39, 0.29) is 17.5 Å². The molecule has 1 aliphatic heterocycles. The molecule has 5 N–H and O–H groups in total. The summed E-state index contributed by atoms with van der Waals surface area (Å²) in [5.41, 5.74) is 7.47. The first-order valence-electron chi connectivity index (χ1n) is 10.6. The Morgan fingerprint density at radius 2 is 1.97 bits per heavy atom. The number of amides is 1. The average molecular weight is 418 g/mol. The number of benzene rings is 1. The molecule has 2 atom stereocenters. The van der Waals surface area contributed by atoms with Gasteiger partial charge in [0.15, 0.2) is 0 Å². The van der Waals surface area contributed by atoms with Gasteiger partial charge in [-0.25, -0.2) is 4.79 Å². The van der Waals surface area contributed by atoms with E-state index in [2.05, 4.69) is 31.2 Å². The summed E-state index contributed by atoms with van der Waals surface area (Å²) in [6.45, 7) is 10.6. The van der Waals surface area contributed by atoms with Gasteiger partial charge in [-0.3, -0.25) is 4.68 Å². The van der Waals surface area contributed by atoms with Crippen molar-refractivity contribution in [3.8, 4) is 0 Å². The monoisotopic (exact) mass is 417 g/mol. The smallest absolute Gasteiger partial charge is 0.407 e. The van der Waals surface area contributed by atoms with Crippen LogP contribution in [0, 0.1) is 5.41 Å². The van der Waals surface area contributed by atoms with Gasteiger partial charge in [-0.05, 0) is 50.7 Å². The molecule has 1 amide bonds. The lowest BCUT2D eigenvalue weighted by atomic mass is 9.80. The van der Waals surface area contributed by atoms with Crippen molar-refractivity contribution in [3.63, 3.8) is 0 Å².